The lowest BCUT2D eigenvalue weighted by Crippen LogP contribution is -1.99. The van der Waals surface area contributed by atoms with Crippen molar-refractivity contribution in [2.45, 2.75) is 19.8 Å². The highest BCUT2D eigenvalue weighted by Crippen LogP contribution is 2.33. The molecule has 0 spiro atoms. The SMILES string of the molecule is C#Cc1c(C(C)C)c2ccccc2n1-c1ccc(F)cc1. The van der Waals surface area contributed by atoms with Crippen molar-refractivity contribution in [2.75, 3.05) is 0 Å². The van der Waals surface area contributed by atoms with Gasteiger partial charge in [0.25, 0.3) is 0 Å². The van der Waals surface area contributed by atoms with Crippen LogP contribution in [-0.4, -0.2) is 4.57 Å². The van der Waals surface area contributed by atoms with Crippen molar-refractivity contribution < 1.29 is 4.39 Å². The highest BCUT2D eigenvalue weighted by molar-refractivity contribution is 5.89. The molecule has 0 aliphatic heterocycles. The number of rotatable bonds is 2. The van der Waals surface area contributed by atoms with Gasteiger partial charge in [0.1, 0.15) is 11.5 Å². The quantitative estimate of drug-likeness (QED) is 0.589. The van der Waals surface area contributed by atoms with E-state index >= 15 is 0 Å². The van der Waals surface area contributed by atoms with E-state index in [0.29, 0.717) is 5.92 Å². The molecule has 0 bridgehead atoms. The number of terminal acetylenes is 1. The summed E-state index contributed by atoms with van der Waals surface area (Å²) in [6.07, 6.45) is 5.78. The molecule has 1 aromatic heterocycles. The van der Waals surface area contributed by atoms with E-state index < -0.39 is 0 Å². The van der Waals surface area contributed by atoms with E-state index in [-0.39, 0.29) is 5.82 Å². The van der Waals surface area contributed by atoms with E-state index in [1.807, 2.05) is 22.8 Å². The zero-order valence-corrected chi connectivity index (χ0v) is 12.1. The first kappa shape index (κ1) is 13.5. The van der Waals surface area contributed by atoms with Crippen molar-refractivity contribution in [1.82, 2.24) is 4.57 Å². The lowest BCUT2D eigenvalue weighted by Gasteiger charge is -2.09. The van der Waals surface area contributed by atoms with Gasteiger partial charge in [-0.05, 0) is 41.8 Å². The first-order chi connectivity index (χ1) is 10.1. The van der Waals surface area contributed by atoms with Crippen LogP contribution in [-0.2, 0) is 0 Å². The fraction of sp³-hybridized carbons (Fsp3) is 0.158. The van der Waals surface area contributed by atoms with Crippen LogP contribution in [0.15, 0.2) is 48.5 Å². The van der Waals surface area contributed by atoms with Gasteiger partial charge in [-0.25, -0.2) is 4.39 Å². The van der Waals surface area contributed by atoms with Gasteiger partial charge in [-0.1, -0.05) is 38.0 Å². The van der Waals surface area contributed by atoms with Crippen molar-refractivity contribution in [3.05, 3.63) is 65.6 Å². The van der Waals surface area contributed by atoms with Gasteiger partial charge in [0.15, 0.2) is 0 Å². The molecule has 0 amide bonds. The average molecular weight is 277 g/mol. The largest absolute Gasteiger partial charge is 0.302 e. The zero-order valence-electron chi connectivity index (χ0n) is 12.1. The summed E-state index contributed by atoms with van der Waals surface area (Å²) in [5.74, 6) is 2.89. The second-order valence-electron chi connectivity index (χ2n) is 5.39. The molecule has 21 heavy (non-hydrogen) atoms. The van der Waals surface area contributed by atoms with E-state index in [0.717, 1.165) is 27.8 Å². The molecule has 1 heterocycles. The molecule has 0 aliphatic rings. The van der Waals surface area contributed by atoms with Crippen molar-refractivity contribution in [3.8, 4) is 18.0 Å². The van der Waals surface area contributed by atoms with Gasteiger partial charge in [-0.2, -0.15) is 0 Å². The number of para-hydroxylation sites is 1. The first-order valence-electron chi connectivity index (χ1n) is 6.99. The highest BCUT2D eigenvalue weighted by Gasteiger charge is 2.18. The number of aromatic nitrogens is 1. The Kier molecular flexibility index (Phi) is 3.27. The number of halogens is 1. The normalized spacial score (nSPS) is 11.0. The third kappa shape index (κ3) is 2.11. The summed E-state index contributed by atoms with van der Waals surface area (Å²) in [5.41, 5.74) is 3.95. The highest BCUT2D eigenvalue weighted by atomic mass is 19.1. The Hall–Kier alpha value is -2.53. The molecule has 1 nitrogen and oxygen atoms in total. The predicted molar refractivity (Wildman–Crippen MR) is 85.3 cm³/mol. The predicted octanol–water partition coefficient (Wildman–Crippen LogP) is 4.87. The summed E-state index contributed by atoms with van der Waals surface area (Å²) in [7, 11) is 0. The fourth-order valence-corrected chi connectivity index (χ4v) is 2.85. The number of hydrogen-bond donors (Lipinski definition) is 0. The second kappa shape index (κ2) is 5.10. The van der Waals surface area contributed by atoms with Crippen molar-refractivity contribution in [2.24, 2.45) is 0 Å². The van der Waals surface area contributed by atoms with E-state index in [1.54, 1.807) is 12.1 Å². The minimum atomic E-state index is -0.249. The van der Waals surface area contributed by atoms with Crippen LogP contribution < -0.4 is 0 Å². The molecule has 3 aromatic rings. The van der Waals surface area contributed by atoms with E-state index in [4.69, 9.17) is 6.42 Å². The van der Waals surface area contributed by atoms with Gasteiger partial charge in [-0.3, -0.25) is 0 Å². The van der Waals surface area contributed by atoms with E-state index in [9.17, 15) is 4.39 Å². The Labute approximate surface area is 124 Å². The molecule has 0 saturated carbocycles. The van der Waals surface area contributed by atoms with Crippen LogP contribution in [0.3, 0.4) is 0 Å². The maximum absolute atomic E-state index is 13.2. The smallest absolute Gasteiger partial charge is 0.123 e. The summed E-state index contributed by atoms with van der Waals surface area (Å²) < 4.78 is 15.2. The second-order valence-corrected chi connectivity index (χ2v) is 5.39. The minimum absolute atomic E-state index is 0.249. The zero-order chi connectivity index (χ0) is 15.0. The average Bonchev–Trinajstić information content (AvgIpc) is 2.82. The molecule has 0 saturated heterocycles. The van der Waals surface area contributed by atoms with Crippen molar-refractivity contribution >= 4 is 10.9 Å². The molecule has 0 atom stereocenters. The van der Waals surface area contributed by atoms with Crippen LogP contribution in [0.25, 0.3) is 16.6 Å². The summed E-state index contributed by atoms with van der Waals surface area (Å²) in [6, 6.07) is 14.6. The summed E-state index contributed by atoms with van der Waals surface area (Å²) >= 11 is 0. The Morgan fingerprint density at radius 1 is 1.05 bits per heavy atom. The van der Waals surface area contributed by atoms with Crippen LogP contribution in [0.2, 0.25) is 0 Å². The maximum atomic E-state index is 13.2. The van der Waals surface area contributed by atoms with Gasteiger partial charge >= 0.3 is 0 Å². The Bertz CT molecular complexity index is 832. The lowest BCUT2D eigenvalue weighted by molar-refractivity contribution is 0.627. The molecular weight excluding hydrogens is 261 g/mol. The monoisotopic (exact) mass is 277 g/mol. The Balaban J connectivity index is 2.42. The van der Waals surface area contributed by atoms with E-state index in [2.05, 4.69) is 25.8 Å². The number of benzene rings is 2. The van der Waals surface area contributed by atoms with Crippen LogP contribution in [0.5, 0.6) is 0 Å². The molecule has 0 fully saturated rings. The molecule has 2 heteroatoms. The molecule has 0 N–H and O–H groups in total. The van der Waals surface area contributed by atoms with Crippen molar-refractivity contribution in [3.63, 3.8) is 0 Å². The van der Waals surface area contributed by atoms with Crippen LogP contribution in [0.1, 0.15) is 31.0 Å². The summed E-state index contributed by atoms with van der Waals surface area (Å²) in [5, 5.41) is 1.16. The molecular formula is C19H16FN. The third-order valence-corrected chi connectivity index (χ3v) is 3.71. The van der Waals surface area contributed by atoms with Crippen LogP contribution in [0, 0.1) is 18.2 Å². The first-order valence-corrected chi connectivity index (χ1v) is 6.99. The summed E-state index contributed by atoms with van der Waals surface area (Å²) in [4.78, 5) is 0. The fourth-order valence-electron chi connectivity index (χ4n) is 2.85. The van der Waals surface area contributed by atoms with Crippen molar-refractivity contribution in [1.29, 1.82) is 0 Å². The molecule has 104 valence electrons. The van der Waals surface area contributed by atoms with Gasteiger partial charge < -0.3 is 4.57 Å². The van der Waals surface area contributed by atoms with Gasteiger partial charge in [0.05, 0.1) is 5.52 Å². The molecule has 2 aromatic carbocycles. The molecule has 0 radical (unpaired) electrons. The van der Waals surface area contributed by atoms with E-state index in [1.165, 1.54) is 12.1 Å². The Morgan fingerprint density at radius 3 is 2.33 bits per heavy atom. The minimum Gasteiger partial charge on any atom is -0.302 e. The maximum Gasteiger partial charge on any atom is 0.123 e. The molecule has 0 unspecified atom stereocenters. The van der Waals surface area contributed by atoms with Crippen LogP contribution in [0.4, 0.5) is 4.39 Å². The number of fused-ring (bicyclic) bond motifs is 1. The van der Waals surface area contributed by atoms with Gasteiger partial charge in [0.2, 0.25) is 0 Å². The molecule has 3 rings (SSSR count). The third-order valence-electron chi connectivity index (χ3n) is 3.71. The van der Waals surface area contributed by atoms with Gasteiger partial charge in [0, 0.05) is 11.1 Å². The molecule has 0 aliphatic carbocycles. The standard InChI is InChI=1S/C19H16FN/c1-4-17-19(13(2)3)16-7-5-6-8-18(16)21(17)15-11-9-14(20)10-12-15/h1,5-13H,2-3H3. The number of nitrogens with zero attached hydrogens (tertiary/aromatic N) is 1. The van der Waals surface area contributed by atoms with Crippen LogP contribution >= 0.6 is 0 Å². The Morgan fingerprint density at radius 2 is 1.71 bits per heavy atom. The van der Waals surface area contributed by atoms with Gasteiger partial charge in [-0.15, -0.1) is 6.42 Å². The number of hydrogen-bond acceptors (Lipinski definition) is 0. The summed E-state index contributed by atoms with van der Waals surface area (Å²) in [6.45, 7) is 4.27. The lowest BCUT2D eigenvalue weighted by atomic mass is 9.99. The topological polar surface area (TPSA) is 4.93 Å².